The zero-order valence-corrected chi connectivity index (χ0v) is 18.0. The highest BCUT2D eigenvalue weighted by molar-refractivity contribution is 7.90. The van der Waals surface area contributed by atoms with E-state index in [0.29, 0.717) is 17.7 Å². The van der Waals surface area contributed by atoms with Crippen molar-refractivity contribution < 1.29 is 17.5 Å². The molecule has 2 atom stereocenters. The molecule has 0 saturated carbocycles. The molecule has 0 aliphatic carbocycles. The summed E-state index contributed by atoms with van der Waals surface area (Å²) in [4.78, 5) is 11.1. The molecule has 29 heavy (non-hydrogen) atoms. The Morgan fingerprint density at radius 1 is 1.28 bits per heavy atom. The van der Waals surface area contributed by atoms with Crippen LogP contribution in [0.3, 0.4) is 0 Å². The van der Waals surface area contributed by atoms with E-state index in [2.05, 4.69) is 28.7 Å². The van der Waals surface area contributed by atoms with Gasteiger partial charge in [0.2, 0.25) is 5.95 Å². The van der Waals surface area contributed by atoms with Gasteiger partial charge < -0.3 is 9.64 Å². The van der Waals surface area contributed by atoms with E-state index in [1.165, 1.54) is 25.0 Å². The number of hydrogen-bond donors (Lipinski definition) is 0. The molecule has 0 spiro atoms. The maximum absolute atomic E-state index is 14.2. The van der Waals surface area contributed by atoms with Crippen LogP contribution in [0.2, 0.25) is 0 Å². The summed E-state index contributed by atoms with van der Waals surface area (Å²) >= 11 is 0. The molecule has 0 bridgehead atoms. The van der Waals surface area contributed by atoms with Gasteiger partial charge in [-0.05, 0) is 44.2 Å². The normalized spacial score (nSPS) is 20.3. The lowest BCUT2D eigenvalue weighted by atomic mass is 9.95. The van der Waals surface area contributed by atoms with Gasteiger partial charge in [-0.15, -0.1) is 0 Å². The van der Waals surface area contributed by atoms with Gasteiger partial charge >= 0.3 is 0 Å². The Labute approximate surface area is 172 Å². The van der Waals surface area contributed by atoms with E-state index >= 15 is 0 Å². The molecule has 1 aromatic carbocycles. The third kappa shape index (κ3) is 5.44. The summed E-state index contributed by atoms with van der Waals surface area (Å²) in [6, 6.07) is 4.19. The molecule has 6 nitrogen and oxygen atoms in total. The molecule has 1 aliphatic heterocycles. The third-order valence-corrected chi connectivity index (χ3v) is 6.62. The van der Waals surface area contributed by atoms with E-state index in [1.807, 2.05) is 0 Å². The Kier molecular flexibility index (Phi) is 6.72. The minimum absolute atomic E-state index is 0.0309. The van der Waals surface area contributed by atoms with Gasteiger partial charge in [-0.2, -0.15) is 0 Å². The fourth-order valence-electron chi connectivity index (χ4n) is 3.74. The second-order valence-corrected chi connectivity index (χ2v) is 9.74. The van der Waals surface area contributed by atoms with Crippen molar-refractivity contribution in [1.29, 1.82) is 0 Å². The Balaban J connectivity index is 1.64. The van der Waals surface area contributed by atoms with Crippen LogP contribution in [-0.2, 0) is 16.4 Å². The van der Waals surface area contributed by atoms with E-state index in [1.54, 1.807) is 12.4 Å². The van der Waals surface area contributed by atoms with Crippen LogP contribution in [0.4, 0.5) is 10.3 Å². The zero-order valence-electron chi connectivity index (χ0n) is 17.1. The van der Waals surface area contributed by atoms with Gasteiger partial charge in [-0.1, -0.05) is 19.4 Å². The summed E-state index contributed by atoms with van der Waals surface area (Å²) in [6.07, 6.45) is 8.95. The van der Waals surface area contributed by atoms with Gasteiger partial charge in [0.25, 0.3) is 0 Å². The maximum atomic E-state index is 14.2. The Morgan fingerprint density at radius 2 is 2.00 bits per heavy atom. The lowest BCUT2D eigenvalue weighted by molar-refractivity contribution is 0.297. The number of nitrogens with zero attached hydrogens (tertiary/aromatic N) is 3. The summed E-state index contributed by atoms with van der Waals surface area (Å²) in [5.41, 5.74) is 0.272. The lowest BCUT2D eigenvalue weighted by Crippen LogP contribution is -2.34. The standard InChI is InChI=1S/C21H28FN3O3S/c1-4-16-6-5-9-25(15(2)10-16)21-23-12-18(13-24-21)28-14-17-7-8-19(11-20(17)22)29(3,26)27/h7-8,11-13,15-16H,4-6,9-10,14H2,1-3H3. The highest BCUT2D eigenvalue weighted by atomic mass is 32.2. The van der Waals surface area contributed by atoms with Crippen molar-refractivity contribution in [2.24, 2.45) is 5.92 Å². The zero-order chi connectivity index (χ0) is 21.0. The van der Waals surface area contributed by atoms with Gasteiger partial charge in [0, 0.05) is 24.4 Å². The van der Waals surface area contributed by atoms with Crippen molar-refractivity contribution in [3.05, 3.63) is 42.0 Å². The molecule has 2 aromatic rings. The van der Waals surface area contributed by atoms with Gasteiger partial charge in [0.05, 0.1) is 17.3 Å². The molecule has 1 saturated heterocycles. The van der Waals surface area contributed by atoms with Crippen LogP contribution in [0.15, 0.2) is 35.5 Å². The maximum Gasteiger partial charge on any atom is 0.225 e. The summed E-state index contributed by atoms with van der Waals surface area (Å²) in [5.74, 6) is 1.26. The number of halogens is 1. The van der Waals surface area contributed by atoms with Crippen LogP contribution in [0.1, 0.15) is 45.1 Å². The SMILES string of the molecule is CCC1CCCN(c2ncc(OCc3ccc(S(C)(=O)=O)cc3F)cn2)C(C)C1. The molecule has 0 amide bonds. The van der Waals surface area contributed by atoms with E-state index < -0.39 is 15.7 Å². The first-order chi connectivity index (χ1) is 13.8. The molecule has 8 heteroatoms. The molecule has 2 unspecified atom stereocenters. The van der Waals surface area contributed by atoms with E-state index in [0.717, 1.165) is 37.6 Å². The Bertz CT molecular complexity index is 935. The molecule has 2 heterocycles. The summed E-state index contributed by atoms with van der Waals surface area (Å²) in [5, 5.41) is 0. The van der Waals surface area contributed by atoms with Gasteiger partial charge in [0.15, 0.2) is 15.6 Å². The van der Waals surface area contributed by atoms with Crippen molar-refractivity contribution in [2.45, 2.75) is 57.1 Å². The number of aromatic nitrogens is 2. The fourth-order valence-corrected chi connectivity index (χ4v) is 4.37. The topological polar surface area (TPSA) is 72.4 Å². The van der Waals surface area contributed by atoms with Crippen LogP contribution in [0.5, 0.6) is 5.75 Å². The molecular formula is C21H28FN3O3S. The van der Waals surface area contributed by atoms with E-state index in [-0.39, 0.29) is 17.1 Å². The van der Waals surface area contributed by atoms with Crippen molar-refractivity contribution >= 4 is 15.8 Å². The average molecular weight is 422 g/mol. The van der Waals surface area contributed by atoms with Gasteiger partial charge in [-0.3, -0.25) is 0 Å². The van der Waals surface area contributed by atoms with Crippen molar-refractivity contribution in [2.75, 3.05) is 17.7 Å². The second kappa shape index (κ2) is 9.07. The molecule has 1 aliphatic rings. The van der Waals surface area contributed by atoms with E-state index in [9.17, 15) is 12.8 Å². The third-order valence-electron chi connectivity index (χ3n) is 5.51. The first kappa shape index (κ1) is 21.5. The molecule has 0 N–H and O–H groups in total. The molecule has 0 radical (unpaired) electrons. The van der Waals surface area contributed by atoms with Gasteiger partial charge in [0.1, 0.15) is 12.4 Å². The van der Waals surface area contributed by atoms with Crippen LogP contribution in [-0.4, -0.2) is 37.2 Å². The second-order valence-electron chi connectivity index (χ2n) is 7.73. The number of sulfone groups is 1. The van der Waals surface area contributed by atoms with Crippen molar-refractivity contribution in [3.63, 3.8) is 0 Å². The lowest BCUT2D eigenvalue weighted by Gasteiger charge is -2.28. The molecule has 1 aromatic heterocycles. The van der Waals surface area contributed by atoms with Crippen LogP contribution >= 0.6 is 0 Å². The summed E-state index contributed by atoms with van der Waals surface area (Å²) < 4.78 is 42.7. The van der Waals surface area contributed by atoms with Crippen LogP contribution in [0, 0.1) is 11.7 Å². The molecule has 1 fully saturated rings. The van der Waals surface area contributed by atoms with Gasteiger partial charge in [-0.25, -0.2) is 22.8 Å². The number of rotatable bonds is 6. The molecular weight excluding hydrogens is 393 g/mol. The highest BCUT2D eigenvalue weighted by Gasteiger charge is 2.24. The number of anilines is 1. The monoisotopic (exact) mass is 421 g/mol. The first-order valence-corrected chi connectivity index (χ1v) is 11.9. The summed E-state index contributed by atoms with van der Waals surface area (Å²) in [6.45, 7) is 5.37. The average Bonchev–Trinajstić information content (AvgIpc) is 2.88. The molecule has 158 valence electrons. The predicted octanol–water partition coefficient (Wildman–Crippen LogP) is 4.00. The number of hydrogen-bond acceptors (Lipinski definition) is 6. The highest BCUT2D eigenvalue weighted by Crippen LogP contribution is 2.27. The Hall–Kier alpha value is -2.22. The minimum atomic E-state index is -3.44. The minimum Gasteiger partial charge on any atom is -0.486 e. The predicted molar refractivity (Wildman–Crippen MR) is 110 cm³/mol. The van der Waals surface area contributed by atoms with Crippen LogP contribution in [0.25, 0.3) is 0 Å². The number of ether oxygens (including phenoxy) is 1. The van der Waals surface area contributed by atoms with Crippen molar-refractivity contribution in [1.82, 2.24) is 9.97 Å². The Morgan fingerprint density at radius 3 is 2.62 bits per heavy atom. The van der Waals surface area contributed by atoms with Crippen molar-refractivity contribution in [3.8, 4) is 5.75 Å². The first-order valence-electron chi connectivity index (χ1n) is 9.98. The quantitative estimate of drug-likeness (QED) is 0.702. The smallest absolute Gasteiger partial charge is 0.225 e. The van der Waals surface area contributed by atoms with Crippen LogP contribution < -0.4 is 9.64 Å². The number of benzene rings is 1. The largest absolute Gasteiger partial charge is 0.486 e. The fraction of sp³-hybridized carbons (Fsp3) is 0.524. The molecule has 3 rings (SSSR count). The summed E-state index contributed by atoms with van der Waals surface area (Å²) in [7, 11) is -3.44. The van der Waals surface area contributed by atoms with E-state index in [4.69, 9.17) is 4.74 Å².